The van der Waals surface area contributed by atoms with Crippen molar-refractivity contribution in [1.29, 1.82) is 0 Å². The second-order valence-electron chi connectivity index (χ2n) is 10.2. The van der Waals surface area contributed by atoms with Gasteiger partial charge in [-0.15, -0.1) is 0 Å². The predicted octanol–water partition coefficient (Wildman–Crippen LogP) is 5.20. The number of nitrogens with one attached hydrogen (secondary N) is 2. The van der Waals surface area contributed by atoms with Gasteiger partial charge in [0.2, 0.25) is 0 Å². The predicted molar refractivity (Wildman–Crippen MR) is 151 cm³/mol. The van der Waals surface area contributed by atoms with Crippen LogP contribution in [0.4, 0.5) is 0 Å². The number of carbonyl (C=O) groups excluding carboxylic acids is 1. The normalized spacial score (nSPS) is 15.0. The number of benzene rings is 3. The molecule has 6 rings (SSSR count). The van der Waals surface area contributed by atoms with Crippen LogP contribution in [0.2, 0.25) is 0 Å². The van der Waals surface area contributed by atoms with E-state index in [0.717, 1.165) is 53.4 Å². The van der Waals surface area contributed by atoms with Crippen LogP contribution in [0, 0.1) is 0 Å². The third kappa shape index (κ3) is 4.63. The number of aliphatic carboxylic acids is 1. The molecule has 0 bridgehead atoms. The molecule has 3 N–H and O–H groups in total. The fourth-order valence-electron chi connectivity index (χ4n) is 5.83. The lowest BCUT2D eigenvalue weighted by molar-refractivity contribution is -0.139. The van der Waals surface area contributed by atoms with Gasteiger partial charge in [0.05, 0.1) is 22.6 Å². The number of hydrogen-bond donors (Lipinski definition) is 3. The van der Waals surface area contributed by atoms with Crippen molar-refractivity contribution in [2.24, 2.45) is 0 Å². The summed E-state index contributed by atoms with van der Waals surface area (Å²) < 4.78 is 3.81. The highest BCUT2D eigenvalue weighted by molar-refractivity contribution is 6.00. The Morgan fingerprint density at radius 2 is 1.69 bits per heavy atom. The Kier molecular flexibility index (Phi) is 6.52. The minimum Gasteiger partial charge on any atom is -0.480 e. The molecule has 0 radical (unpaired) electrons. The third-order valence-electron chi connectivity index (χ3n) is 7.77. The van der Waals surface area contributed by atoms with Gasteiger partial charge in [0, 0.05) is 29.1 Å². The Hall–Kier alpha value is -4.59. The molecule has 8 heteroatoms. The molecule has 5 aromatic rings. The van der Waals surface area contributed by atoms with Crippen LogP contribution in [0.15, 0.2) is 83.8 Å². The number of aromatic amines is 1. The van der Waals surface area contributed by atoms with E-state index in [2.05, 4.69) is 15.0 Å². The minimum atomic E-state index is -1.12. The molecule has 2 heterocycles. The Morgan fingerprint density at radius 3 is 2.46 bits per heavy atom. The zero-order chi connectivity index (χ0) is 26.9. The Bertz CT molecular complexity index is 1720. The van der Waals surface area contributed by atoms with E-state index in [-0.39, 0.29) is 23.6 Å². The van der Waals surface area contributed by atoms with E-state index in [1.165, 1.54) is 6.42 Å². The molecule has 1 aliphatic rings. The van der Waals surface area contributed by atoms with Gasteiger partial charge in [0.1, 0.15) is 6.04 Å². The summed E-state index contributed by atoms with van der Waals surface area (Å²) >= 11 is 0. The highest BCUT2D eigenvalue weighted by Crippen LogP contribution is 2.32. The van der Waals surface area contributed by atoms with Crippen LogP contribution in [-0.2, 0) is 11.2 Å². The van der Waals surface area contributed by atoms with E-state index in [0.29, 0.717) is 5.39 Å². The first-order valence-electron chi connectivity index (χ1n) is 13.4. The minimum absolute atomic E-state index is 0.131. The summed E-state index contributed by atoms with van der Waals surface area (Å²) in [6.07, 6.45) is 7.31. The van der Waals surface area contributed by atoms with Gasteiger partial charge in [-0.3, -0.25) is 14.3 Å². The molecule has 0 aliphatic heterocycles. The lowest BCUT2D eigenvalue weighted by atomic mass is 9.95. The molecule has 1 fully saturated rings. The van der Waals surface area contributed by atoms with Crippen LogP contribution in [0.1, 0.15) is 54.1 Å². The van der Waals surface area contributed by atoms with Crippen LogP contribution in [0.5, 0.6) is 0 Å². The van der Waals surface area contributed by atoms with Crippen LogP contribution in [0.25, 0.3) is 27.5 Å². The van der Waals surface area contributed by atoms with E-state index in [9.17, 15) is 19.5 Å². The summed E-state index contributed by atoms with van der Waals surface area (Å²) in [5.74, 6) is -1.65. The molecular weight excluding hydrogens is 492 g/mol. The Morgan fingerprint density at radius 1 is 0.949 bits per heavy atom. The lowest BCUT2D eigenvalue weighted by Crippen LogP contribution is -2.42. The van der Waals surface area contributed by atoms with E-state index >= 15 is 0 Å². The van der Waals surface area contributed by atoms with E-state index < -0.39 is 17.9 Å². The Labute approximate surface area is 224 Å². The van der Waals surface area contributed by atoms with Gasteiger partial charge in [-0.25, -0.2) is 9.48 Å². The van der Waals surface area contributed by atoms with Gasteiger partial charge < -0.3 is 15.4 Å². The number of rotatable bonds is 7. The number of carboxylic acid groups (broad SMARTS) is 1. The number of amides is 1. The fourth-order valence-corrected chi connectivity index (χ4v) is 5.83. The third-order valence-corrected chi connectivity index (χ3v) is 7.77. The topological polar surface area (TPSA) is 109 Å². The highest BCUT2D eigenvalue weighted by atomic mass is 16.4. The van der Waals surface area contributed by atoms with Crippen molar-refractivity contribution in [3.8, 4) is 5.69 Å². The zero-order valence-electron chi connectivity index (χ0n) is 21.5. The summed E-state index contributed by atoms with van der Waals surface area (Å²) in [5, 5.41) is 13.9. The number of nitrogens with zero attached hydrogens (tertiary/aromatic N) is 2. The van der Waals surface area contributed by atoms with Crippen molar-refractivity contribution in [2.45, 2.75) is 50.6 Å². The van der Waals surface area contributed by atoms with E-state index in [4.69, 9.17) is 0 Å². The van der Waals surface area contributed by atoms with E-state index in [1.54, 1.807) is 23.0 Å². The van der Waals surface area contributed by atoms with Crippen molar-refractivity contribution in [2.75, 3.05) is 0 Å². The van der Waals surface area contributed by atoms with Crippen molar-refractivity contribution in [3.63, 3.8) is 0 Å². The second kappa shape index (κ2) is 10.3. The number of hydrogen-bond acceptors (Lipinski definition) is 3. The van der Waals surface area contributed by atoms with Crippen LogP contribution in [-0.4, -0.2) is 37.4 Å². The molecule has 3 aromatic carbocycles. The molecule has 1 saturated carbocycles. The number of fused-ring (bicyclic) bond motifs is 2. The average Bonchev–Trinajstić information content (AvgIpc) is 3.51. The molecule has 8 nitrogen and oxygen atoms in total. The first-order chi connectivity index (χ1) is 19.0. The summed E-state index contributed by atoms with van der Waals surface area (Å²) in [6, 6.07) is 21.3. The number of carboxylic acids is 1. The van der Waals surface area contributed by atoms with Crippen molar-refractivity contribution < 1.29 is 14.7 Å². The monoisotopic (exact) mass is 522 g/mol. The molecular formula is C31H30N4O4. The van der Waals surface area contributed by atoms with Gasteiger partial charge in [-0.05, 0) is 54.8 Å². The summed E-state index contributed by atoms with van der Waals surface area (Å²) in [4.78, 5) is 42.3. The van der Waals surface area contributed by atoms with Gasteiger partial charge >= 0.3 is 5.97 Å². The smallest absolute Gasteiger partial charge is 0.326 e. The van der Waals surface area contributed by atoms with Crippen LogP contribution in [0.3, 0.4) is 0 Å². The first kappa shape index (κ1) is 24.7. The van der Waals surface area contributed by atoms with Gasteiger partial charge in [0.15, 0.2) is 0 Å². The molecule has 1 unspecified atom stereocenters. The lowest BCUT2D eigenvalue weighted by Gasteiger charge is -2.26. The maximum atomic E-state index is 13.7. The number of H-pyrrole nitrogens is 1. The maximum absolute atomic E-state index is 13.7. The molecule has 2 aromatic heterocycles. The van der Waals surface area contributed by atoms with Crippen molar-refractivity contribution >= 4 is 33.7 Å². The summed E-state index contributed by atoms with van der Waals surface area (Å²) in [7, 11) is 0. The van der Waals surface area contributed by atoms with Crippen LogP contribution < -0.4 is 10.9 Å². The van der Waals surface area contributed by atoms with Gasteiger partial charge in [-0.2, -0.15) is 0 Å². The zero-order valence-corrected chi connectivity index (χ0v) is 21.5. The molecule has 0 spiro atoms. The molecule has 0 saturated heterocycles. The number of para-hydroxylation sites is 2. The summed E-state index contributed by atoms with van der Waals surface area (Å²) in [5.41, 5.74) is 3.34. The maximum Gasteiger partial charge on any atom is 0.326 e. The molecule has 39 heavy (non-hydrogen) atoms. The van der Waals surface area contributed by atoms with Crippen LogP contribution >= 0.6 is 0 Å². The summed E-state index contributed by atoms with van der Waals surface area (Å²) in [6.45, 7) is 0. The van der Waals surface area contributed by atoms with Crippen molar-refractivity contribution in [3.05, 3.63) is 100 Å². The average molecular weight is 523 g/mol. The molecule has 1 amide bonds. The Balaban J connectivity index is 1.35. The molecule has 1 atom stereocenters. The van der Waals surface area contributed by atoms with E-state index in [1.807, 2.05) is 60.7 Å². The highest BCUT2D eigenvalue weighted by Gasteiger charge is 2.26. The SMILES string of the molecule is O=C(NC(Cc1c[nH]c2ccccc12)C(=O)O)c1ccc2c(c1)c(=O)n(-c1ccccc1)n2C1CCCCC1. The van der Waals surface area contributed by atoms with Gasteiger partial charge in [-0.1, -0.05) is 55.7 Å². The number of carbonyl (C=O) groups is 2. The van der Waals surface area contributed by atoms with Crippen molar-refractivity contribution in [1.82, 2.24) is 19.7 Å². The fraction of sp³-hybridized carbons (Fsp3) is 0.258. The quantitative estimate of drug-likeness (QED) is 0.273. The second-order valence-corrected chi connectivity index (χ2v) is 10.2. The largest absolute Gasteiger partial charge is 0.480 e. The molecule has 198 valence electrons. The first-order valence-corrected chi connectivity index (χ1v) is 13.4. The molecule has 1 aliphatic carbocycles. The van der Waals surface area contributed by atoms with Gasteiger partial charge in [0.25, 0.3) is 11.5 Å². The number of aromatic nitrogens is 3. The standard InChI is InChI=1S/C31H30N4O4/c36-29(33-27(31(38)39)18-21-19-32-26-14-8-7-13-24(21)26)20-15-16-28-25(17-20)30(37)35(23-11-5-2-6-12-23)34(28)22-9-3-1-4-10-22/h2,5-8,11-17,19,22,27,32H,1,3-4,9-10,18H2,(H,33,36)(H,38,39).